The number of benzene rings is 1. The summed E-state index contributed by atoms with van der Waals surface area (Å²) in [5, 5.41) is 4.11. The van der Waals surface area contributed by atoms with Crippen LogP contribution < -0.4 is 5.32 Å². The van der Waals surface area contributed by atoms with Gasteiger partial charge >= 0.3 is 0 Å². The fourth-order valence-corrected chi connectivity index (χ4v) is 3.32. The lowest BCUT2D eigenvalue weighted by molar-refractivity contribution is -0.118. The highest BCUT2D eigenvalue weighted by atomic mass is 32.2. The SMILES string of the molecule is Cn1cc(SCC(=O)NCCc2ncc[nH]2)c2ccccc21. The van der Waals surface area contributed by atoms with Crippen LogP contribution in [0.15, 0.2) is 47.8 Å². The normalized spacial score (nSPS) is 11.0. The minimum Gasteiger partial charge on any atom is -0.355 e. The first-order valence-electron chi connectivity index (χ1n) is 7.16. The minimum atomic E-state index is 0.0458. The van der Waals surface area contributed by atoms with Crippen molar-refractivity contribution in [3.63, 3.8) is 0 Å². The molecule has 0 unspecified atom stereocenters. The molecule has 1 aromatic carbocycles. The summed E-state index contributed by atoms with van der Waals surface area (Å²) in [6.07, 6.45) is 6.30. The largest absolute Gasteiger partial charge is 0.355 e. The number of aromatic nitrogens is 3. The van der Waals surface area contributed by atoms with Crippen LogP contribution in [0.1, 0.15) is 5.82 Å². The molecule has 0 bridgehead atoms. The van der Waals surface area contributed by atoms with Crippen molar-refractivity contribution in [2.45, 2.75) is 11.3 Å². The zero-order valence-corrected chi connectivity index (χ0v) is 13.2. The molecule has 1 amide bonds. The molecule has 0 atom stereocenters. The summed E-state index contributed by atoms with van der Waals surface area (Å²) in [6.45, 7) is 0.600. The number of nitrogens with one attached hydrogen (secondary N) is 2. The number of nitrogens with zero attached hydrogens (tertiary/aromatic N) is 2. The third-order valence-corrected chi connectivity index (χ3v) is 4.50. The van der Waals surface area contributed by atoms with Gasteiger partial charge in [-0.15, -0.1) is 11.8 Å². The van der Waals surface area contributed by atoms with Gasteiger partial charge in [-0.1, -0.05) is 18.2 Å². The minimum absolute atomic E-state index is 0.0458. The molecule has 2 N–H and O–H groups in total. The first kappa shape index (κ1) is 14.7. The van der Waals surface area contributed by atoms with Gasteiger partial charge in [0.15, 0.2) is 0 Å². The van der Waals surface area contributed by atoms with Gasteiger partial charge in [-0.2, -0.15) is 0 Å². The standard InChI is InChI=1S/C16H18N4OS/c1-20-10-14(12-4-2-3-5-13(12)20)22-11-16(21)19-7-6-15-17-8-9-18-15/h2-5,8-10H,6-7,11H2,1H3,(H,17,18)(H,19,21). The maximum absolute atomic E-state index is 11.9. The maximum Gasteiger partial charge on any atom is 0.230 e. The first-order valence-corrected chi connectivity index (χ1v) is 8.14. The Kier molecular flexibility index (Phi) is 4.48. The van der Waals surface area contributed by atoms with Gasteiger partial charge in [0.2, 0.25) is 5.91 Å². The van der Waals surface area contributed by atoms with E-state index >= 15 is 0 Å². The molecule has 0 aliphatic heterocycles. The smallest absolute Gasteiger partial charge is 0.230 e. The Morgan fingerprint density at radius 3 is 3.09 bits per heavy atom. The van der Waals surface area contributed by atoms with Crippen molar-refractivity contribution >= 4 is 28.6 Å². The molecule has 5 nitrogen and oxygen atoms in total. The Bertz CT molecular complexity index is 764. The first-order chi connectivity index (χ1) is 10.7. The zero-order chi connectivity index (χ0) is 15.4. The van der Waals surface area contributed by atoms with Crippen molar-refractivity contribution in [1.29, 1.82) is 0 Å². The molecule has 2 heterocycles. The maximum atomic E-state index is 11.9. The number of H-pyrrole nitrogens is 1. The topological polar surface area (TPSA) is 62.7 Å². The molecule has 2 aromatic heterocycles. The number of amides is 1. The van der Waals surface area contributed by atoms with E-state index in [1.54, 1.807) is 24.2 Å². The molecule has 6 heteroatoms. The number of imidazole rings is 1. The van der Waals surface area contributed by atoms with E-state index in [1.807, 2.05) is 19.2 Å². The molecular formula is C16H18N4OS. The molecule has 114 valence electrons. The van der Waals surface area contributed by atoms with Crippen LogP contribution in [0.5, 0.6) is 0 Å². The van der Waals surface area contributed by atoms with Gasteiger partial charge in [0.25, 0.3) is 0 Å². The number of aryl methyl sites for hydroxylation is 1. The Balaban J connectivity index is 1.52. The number of carbonyl (C=O) groups is 1. The van der Waals surface area contributed by atoms with Crippen molar-refractivity contribution in [1.82, 2.24) is 19.9 Å². The van der Waals surface area contributed by atoms with E-state index < -0.39 is 0 Å². The highest BCUT2D eigenvalue weighted by Gasteiger charge is 2.09. The predicted octanol–water partition coefficient (Wildman–Crippen LogP) is 2.35. The van der Waals surface area contributed by atoms with Gasteiger partial charge < -0.3 is 14.9 Å². The zero-order valence-electron chi connectivity index (χ0n) is 12.4. The van der Waals surface area contributed by atoms with Crippen molar-refractivity contribution in [2.24, 2.45) is 7.05 Å². The van der Waals surface area contributed by atoms with Crippen LogP contribution in [-0.4, -0.2) is 32.7 Å². The van der Waals surface area contributed by atoms with Crippen molar-refractivity contribution in [2.75, 3.05) is 12.3 Å². The molecule has 0 aliphatic rings. The van der Waals surface area contributed by atoms with Crippen molar-refractivity contribution in [3.05, 3.63) is 48.7 Å². The Morgan fingerprint density at radius 1 is 1.41 bits per heavy atom. The fourth-order valence-electron chi connectivity index (χ4n) is 2.37. The lowest BCUT2D eigenvalue weighted by Gasteiger charge is -2.03. The van der Waals surface area contributed by atoms with Gasteiger partial charge in [-0.05, 0) is 6.07 Å². The molecule has 0 fully saturated rings. The lowest BCUT2D eigenvalue weighted by Crippen LogP contribution is -2.27. The van der Waals surface area contributed by atoms with E-state index in [-0.39, 0.29) is 5.91 Å². The van der Waals surface area contributed by atoms with E-state index in [2.05, 4.69) is 38.2 Å². The summed E-state index contributed by atoms with van der Waals surface area (Å²) < 4.78 is 2.09. The monoisotopic (exact) mass is 314 g/mol. The highest BCUT2D eigenvalue weighted by Crippen LogP contribution is 2.29. The average molecular weight is 314 g/mol. The van der Waals surface area contributed by atoms with E-state index in [1.165, 1.54) is 10.9 Å². The van der Waals surface area contributed by atoms with Crippen LogP contribution >= 0.6 is 11.8 Å². The van der Waals surface area contributed by atoms with Gasteiger partial charge in [0, 0.05) is 54.4 Å². The Morgan fingerprint density at radius 2 is 2.27 bits per heavy atom. The van der Waals surface area contributed by atoms with Gasteiger partial charge in [0.05, 0.1) is 5.75 Å². The van der Waals surface area contributed by atoms with Crippen LogP contribution in [-0.2, 0) is 18.3 Å². The Hall–Kier alpha value is -2.21. The molecule has 0 radical (unpaired) electrons. The molecule has 3 rings (SSSR count). The molecule has 0 saturated heterocycles. The van der Waals surface area contributed by atoms with Crippen LogP contribution in [0, 0.1) is 0 Å². The predicted molar refractivity (Wildman–Crippen MR) is 88.9 cm³/mol. The quantitative estimate of drug-likeness (QED) is 0.687. The van der Waals surface area contributed by atoms with E-state index in [4.69, 9.17) is 0 Å². The number of hydrogen-bond acceptors (Lipinski definition) is 3. The third kappa shape index (κ3) is 3.33. The number of hydrogen-bond donors (Lipinski definition) is 2. The number of carbonyl (C=O) groups excluding carboxylic acids is 1. The van der Waals surface area contributed by atoms with Crippen LogP contribution in [0.4, 0.5) is 0 Å². The summed E-state index contributed by atoms with van der Waals surface area (Å²) in [7, 11) is 2.02. The number of fused-ring (bicyclic) bond motifs is 1. The number of aromatic amines is 1. The second-order valence-corrected chi connectivity index (χ2v) is 6.06. The molecule has 0 saturated carbocycles. The molecule has 3 aromatic rings. The highest BCUT2D eigenvalue weighted by molar-refractivity contribution is 8.00. The third-order valence-electron chi connectivity index (χ3n) is 3.46. The van der Waals surface area contributed by atoms with Crippen LogP contribution in [0.3, 0.4) is 0 Å². The summed E-state index contributed by atoms with van der Waals surface area (Å²) >= 11 is 1.57. The van der Waals surface area contributed by atoms with Crippen LogP contribution in [0.2, 0.25) is 0 Å². The molecule has 22 heavy (non-hydrogen) atoms. The summed E-state index contributed by atoms with van der Waals surface area (Å²) in [4.78, 5) is 20.2. The summed E-state index contributed by atoms with van der Waals surface area (Å²) in [5.74, 6) is 1.36. The van der Waals surface area contributed by atoms with Gasteiger partial charge in [-0.25, -0.2) is 4.98 Å². The second kappa shape index (κ2) is 6.70. The van der Waals surface area contributed by atoms with E-state index in [0.29, 0.717) is 12.3 Å². The van der Waals surface area contributed by atoms with E-state index in [9.17, 15) is 4.79 Å². The molecule has 0 spiro atoms. The summed E-state index contributed by atoms with van der Waals surface area (Å²) in [6, 6.07) is 8.23. The fraction of sp³-hybridized carbons (Fsp3) is 0.250. The van der Waals surface area contributed by atoms with E-state index in [0.717, 1.165) is 17.1 Å². The number of para-hydroxylation sites is 1. The van der Waals surface area contributed by atoms with Crippen LogP contribution in [0.25, 0.3) is 10.9 Å². The lowest BCUT2D eigenvalue weighted by atomic mass is 10.2. The van der Waals surface area contributed by atoms with Crippen molar-refractivity contribution < 1.29 is 4.79 Å². The Labute approximate surface area is 133 Å². The molecule has 0 aliphatic carbocycles. The van der Waals surface area contributed by atoms with Gasteiger partial charge in [-0.3, -0.25) is 4.79 Å². The van der Waals surface area contributed by atoms with Gasteiger partial charge in [0.1, 0.15) is 5.82 Å². The summed E-state index contributed by atoms with van der Waals surface area (Å²) in [5.41, 5.74) is 1.18. The molecular weight excluding hydrogens is 296 g/mol. The average Bonchev–Trinajstić information content (AvgIpc) is 3.14. The van der Waals surface area contributed by atoms with Crippen molar-refractivity contribution in [3.8, 4) is 0 Å². The number of thioether (sulfide) groups is 1. The number of rotatable bonds is 6. The second-order valence-electron chi connectivity index (χ2n) is 5.05.